The summed E-state index contributed by atoms with van der Waals surface area (Å²) in [5, 5.41) is 20.5. The standard InChI is InChI=1S/C11H17F3N2O/c12-11(13,14)9(6-15)7-16-10(8-17)4-2-1-3-5-10/h9,16-17H,1-5,7-8H2. The summed E-state index contributed by atoms with van der Waals surface area (Å²) in [6.45, 7) is -0.621. The van der Waals surface area contributed by atoms with Crippen LogP contribution in [0.15, 0.2) is 0 Å². The molecule has 0 aromatic carbocycles. The van der Waals surface area contributed by atoms with Crippen LogP contribution in [0.25, 0.3) is 0 Å². The van der Waals surface area contributed by atoms with Gasteiger partial charge in [0.05, 0.1) is 12.7 Å². The second-order valence-corrected chi connectivity index (χ2v) is 4.60. The summed E-state index contributed by atoms with van der Waals surface area (Å²) in [6.07, 6.45) is -0.329. The maximum Gasteiger partial charge on any atom is 0.405 e. The van der Waals surface area contributed by atoms with Crippen LogP contribution in [0, 0.1) is 17.2 Å². The highest BCUT2D eigenvalue weighted by Crippen LogP contribution is 2.30. The van der Waals surface area contributed by atoms with E-state index in [4.69, 9.17) is 5.26 Å². The fourth-order valence-electron chi connectivity index (χ4n) is 2.17. The van der Waals surface area contributed by atoms with Crippen LogP contribution in [0.5, 0.6) is 0 Å². The van der Waals surface area contributed by atoms with E-state index in [1.54, 1.807) is 0 Å². The number of hydrogen-bond donors (Lipinski definition) is 2. The van der Waals surface area contributed by atoms with Crippen molar-refractivity contribution in [2.24, 2.45) is 5.92 Å². The third-order valence-corrected chi connectivity index (χ3v) is 3.35. The first-order valence-electron chi connectivity index (χ1n) is 5.76. The Balaban J connectivity index is 2.55. The van der Waals surface area contributed by atoms with Gasteiger partial charge in [-0.05, 0) is 12.8 Å². The van der Waals surface area contributed by atoms with E-state index < -0.39 is 24.2 Å². The van der Waals surface area contributed by atoms with E-state index >= 15 is 0 Å². The van der Waals surface area contributed by atoms with Crippen molar-refractivity contribution < 1.29 is 18.3 Å². The molecule has 2 N–H and O–H groups in total. The minimum Gasteiger partial charge on any atom is -0.394 e. The summed E-state index contributed by atoms with van der Waals surface area (Å²) in [4.78, 5) is 0. The van der Waals surface area contributed by atoms with Crippen LogP contribution in [0.2, 0.25) is 0 Å². The minimum atomic E-state index is -4.51. The van der Waals surface area contributed by atoms with Crippen molar-refractivity contribution in [3.63, 3.8) is 0 Å². The van der Waals surface area contributed by atoms with Gasteiger partial charge < -0.3 is 10.4 Å². The Kier molecular flexibility index (Phi) is 4.78. The quantitative estimate of drug-likeness (QED) is 0.802. The van der Waals surface area contributed by atoms with Gasteiger partial charge in [0.25, 0.3) is 0 Å². The van der Waals surface area contributed by atoms with E-state index in [1.165, 1.54) is 6.07 Å². The molecule has 1 saturated carbocycles. The molecule has 1 fully saturated rings. The largest absolute Gasteiger partial charge is 0.405 e. The molecule has 0 aromatic heterocycles. The number of halogens is 3. The van der Waals surface area contributed by atoms with Gasteiger partial charge >= 0.3 is 6.18 Å². The Labute approximate surface area is 98.6 Å². The van der Waals surface area contributed by atoms with Gasteiger partial charge in [-0.1, -0.05) is 19.3 Å². The van der Waals surface area contributed by atoms with Crippen molar-refractivity contribution >= 4 is 0 Å². The summed E-state index contributed by atoms with van der Waals surface area (Å²) in [6, 6.07) is 1.25. The number of alkyl halides is 3. The third-order valence-electron chi connectivity index (χ3n) is 3.35. The second-order valence-electron chi connectivity index (χ2n) is 4.60. The van der Waals surface area contributed by atoms with Gasteiger partial charge in [0, 0.05) is 12.1 Å². The number of nitrogens with zero attached hydrogens (tertiary/aromatic N) is 1. The number of rotatable bonds is 4. The summed E-state index contributed by atoms with van der Waals surface area (Å²) in [5.74, 6) is -2.01. The molecule has 1 rings (SSSR count). The van der Waals surface area contributed by atoms with Crippen LogP contribution in [0.1, 0.15) is 32.1 Å². The predicted octanol–water partition coefficient (Wildman–Crippen LogP) is 1.97. The van der Waals surface area contributed by atoms with E-state index in [2.05, 4.69) is 5.32 Å². The van der Waals surface area contributed by atoms with Crippen LogP contribution in [-0.4, -0.2) is 30.0 Å². The van der Waals surface area contributed by atoms with Gasteiger partial charge in [0.15, 0.2) is 5.92 Å². The molecule has 1 aliphatic rings. The lowest BCUT2D eigenvalue weighted by atomic mass is 9.82. The van der Waals surface area contributed by atoms with Crippen molar-refractivity contribution in [1.82, 2.24) is 5.32 Å². The van der Waals surface area contributed by atoms with E-state index in [0.717, 1.165) is 19.3 Å². The molecule has 0 amide bonds. The molecular formula is C11H17F3N2O. The lowest BCUT2D eigenvalue weighted by Gasteiger charge is -2.37. The minimum absolute atomic E-state index is 0.178. The normalized spacial score (nSPS) is 21.8. The lowest BCUT2D eigenvalue weighted by molar-refractivity contribution is -0.159. The first-order valence-corrected chi connectivity index (χ1v) is 5.76. The average Bonchev–Trinajstić information content (AvgIpc) is 2.29. The number of aliphatic hydroxyl groups excluding tert-OH is 1. The molecule has 1 atom stereocenters. The predicted molar refractivity (Wildman–Crippen MR) is 56.1 cm³/mol. The van der Waals surface area contributed by atoms with Gasteiger partial charge in [0.2, 0.25) is 0 Å². The molecule has 1 aliphatic carbocycles. The molecular weight excluding hydrogens is 233 g/mol. The van der Waals surface area contributed by atoms with Crippen molar-refractivity contribution in [2.75, 3.05) is 13.2 Å². The first-order chi connectivity index (χ1) is 7.93. The molecule has 0 aromatic rings. The number of nitriles is 1. The number of nitrogens with one attached hydrogen (secondary N) is 1. The monoisotopic (exact) mass is 250 g/mol. The van der Waals surface area contributed by atoms with Crippen molar-refractivity contribution in [1.29, 1.82) is 5.26 Å². The smallest absolute Gasteiger partial charge is 0.394 e. The van der Waals surface area contributed by atoms with Crippen LogP contribution in [0.4, 0.5) is 13.2 Å². The topological polar surface area (TPSA) is 56.0 Å². The van der Waals surface area contributed by atoms with Crippen LogP contribution in [0.3, 0.4) is 0 Å². The van der Waals surface area contributed by atoms with Crippen molar-refractivity contribution in [2.45, 2.75) is 43.8 Å². The molecule has 17 heavy (non-hydrogen) atoms. The number of hydrogen-bond acceptors (Lipinski definition) is 3. The zero-order valence-electron chi connectivity index (χ0n) is 9.56. The molecule has 0 bridgehead atoms. The van der Waals surface area contributed by atoms with Gasteiger partial charge in [0.1, 0.15) is 0 Å². The molecule has 0 aliphatic heterocycles. The SMILES string of the molecule is N#CC(CNC1(CO)CCCCC1)C(F)(F)F. The van der Waals surface area contributed by atoms with Gasteiger partial charge in [-0.2, -0.15) is 18.4 Å². The highest BCUT2D eigenvalue weighted by atomic mass is 19.4. The molecule has 98 valence electrons. The van der Waals surface area contributed by atoms with E-state index in [1.807, 2.05) is 0 Å². The zero-order chi connectivity index (χ0) is 12.9. The number of aliphatic hydroxyl groups is 1. The Morgan fingerprint density at radius 2 is 1.88 bits per heavy atom. The summed E-state index contributed by atoms with van der Waals surface area (Å²) in [5.41, 5.74) is -0.626. The Morgan fingerprint density at radius 3 is 2.29 bits per heavy atom. The van der Waals surface area contributed by atoms with Gasteiger partial charge in [-0.3, -0.25) is 0 Å². The maximum absolute atomic E-state index is 12.4. The molecule has 0 radical (unpaired) electrons. The van der Waals surface area contributed by atoms with Gasteiger partial charge in [-0.25, -0.2) is 0 Å². The first kappa shape index (κ1) is 14.3. The van der Waals surface area contributed by atoms with Crippen molar-refractivity contribution in [3.05, 3.63) is 0 Å². The fraction of sp³-hybridized carbons (Fsp3) is 0.909. The molecule has 0 saturated heterocycles. The zero-order valence-corrected chi connectivity index (χ0v) is 9.56. The average molecular weight is 250 g/mol. The molecule has 6 heteroatoms. The van der Waals surface area contributed by atoms with Gasteiger partial charge in [-0.15, -0.1) is 0 Å². The Bertz CT molecular complexity index is 279. The lowest BCUT2D eigenvalue weighted by Crippen LogP contribution is -2.52. The van der Waals surface area contributed by atoms with Crippen LogP contribution in [-0.2, 0) is 0 Å². The fourth-order valence-corrected chi connectivity index (χ4v) is 2.17. The molecule has 3 nitrogen and oxygen atoms in total. The van der Waals surface area contributed by atoms with Crippen molar-refractivity contribution in [3.8, 4) is 6.07 Å². The maximum atomic E-state index is 12.4. The highest BCUT2D eigenvalue weighted by Gasteiger charge is 2.41. The summed E-state index contributed by atoms with van der Waals surface area (Å²) in [7, 11) is 0. The van der Waals surface area contributed by atoms with E-state index in [9.17, 15) is 18.3 Å². The van der Waals surface area contributed by atoms with Crippen LogP contribution < -0.4 is 5.32 Å². The summed E-state index contributed by atoms with van der Waals surface area (Å²) >= 11 is 0. The van der Waals surface area contributed by atoms with E-state index in [0.29, 0.717) is 12.8 Å². The van der Waals surface area contributed by atoms with E-state index in [-0.39, 0.29) is 6.61 Å². The molecule has 0 spiro atoms. The Hall–Kier alpha value is -0.800. The summed E-state index contributed by atoms with van der Waals surface area (Å²) < 4.78 is 37.1. The third kappa shape index (κ3) is 3.86. The Morgan fingerprint density at radius 1 is 1.29 bits per heavy atom. The molecule has 0 heterocycles. The second kappa shape index (κ2) is 5.69. The van der Waals surface area contributed by atoms with Crippen LogP contribution >= 0.6 is 0 Å². The highest BCUT2D eigenvalue weighted by molar-refractivity contribution is 4.96. The molecule has 1 unspecified atom stereocenters.